The van der Waals surface area contributed by atoms with E-state index < -0.39 is 11.4 Å². The fraction of sp³-hybridized carbons (Fsp3) is 0.444. The summed E-state index contributed by atoms with van der Waals surface area (Å²) in [6.45, 7) is 2.58. The fourth-order valence-electron chi connectivity index (χ4n) is 3.28. The van der Waals surface area contributed by atoms with E-state index in [0.29, 0.717) is 19.4 Å². The number of H-pyrrole nitrogens is 1. The van der Waals surface area contributed by atoms with Crippen molar-refractivity contribution in [3.8, 4) is 0 Å². The van der Waals surface area contributed by atoms with Gasteiger partial charge in [0.25, 0.3) is 0 Å². The summed E-state index contributed by atoms with van der Waals surface area (Å²) >= 11 is 0. The quantitative estimate of drug-likeness (QED) is 0.767. The number of aryl methyl sites for hydroxylation is 1. The Balaban J connectivity index is 1.54. The van der Waals surface area contributed by atoms with E-state index in [0.717, 1.165) is 23.9 Å². The molecule has 122 valence electrons. The number of carbonyl (C=O) groups excluding carboxylic acids is 1. The van der Waals surface area contributed by atoms with Gasteiger partial charge in [0.2, 0.25) is 5.91 Å². The number of hydrogen-bond donors (Lipinski definition) is 3. The Morgan fingerprint density at radius 2 is 2.13 bits per heavy atom. The zero-order chi connectivity index (χ0) is 16.4. The number of aromatic nitrogens is 1. The van der Waals surface area contributed by atoms with Crippen LogP contribution < -0.4 is 5.32 Å². The number of fused-ring (bicyclic) bond motifs is 1. The van der Waals surface area contributed by atoms with Crippen molar-refractivity contribution in [3.05, 3.63) is 35.5 Å². The molecule has 5 heteroatoms. The Bertz CT molecular complexity index is 744. The highest BCUT2D eigenvalue weighted by Gasteiger charge is 2.45. The van der Waals surface area contributed by atoms with E-state index >= 15 is 0 Å². The third-order valence-corrected chi connectivity index (χ3v) is 4.90. The number of hydrogen-bond acceptors (Lipinski definition) is 2. The average molecular weight is 314 g/mol. The molecular weight excluding hydrogens is 292 g/mol. The highest BCUT2D eigenvalue weighted by Crippen LogP contribution is 2.44. The number of rotatable bonds is 6. The molecule has 2 aromatic rings. The van der Waals surface area contributed by atoms with E-state index in [4.69, 9.17) is 0 Å². The molecule has 1 heterocycles. The van der Waals surface area contributed by atoms with Crippen LogP contribution in [0.5, 0.6) is 0 Å². The lowest BCUT2D eigenvalue weighted by Crippen LogP contribution is -2.42. The van der Waals surface area contributed by atoms with E-state index in [9.17, 15) is 14.7 Å². The lowest BCUT2D eigenvalue weighted by Gasteiger charge is -2.36. The molecule has 0 aliphatic heterocycles. The third kappa shape index (κ3) is 3.09. The molecule has 0 radical (unpaired) electrons. The average Bonchev–Trinajstić information content (AvgIpc) is 2.85. The lowest BCUT2D eigenvalue weighted by molar-refractivity contribution is -0.157. The van der Waals surface area contributed by atoms with Gasteiger partial charge in [0.15, 0.2) is 0 Å². The largest absolute Gasteiger partial charge is 0.481 e. The van der Waals surface area contributed by atoms with Gasteiger partial charge >= 0.3 is 5.97 Å². The van der Waals surface area contributed by atoms with Crippen molar-refractivity contribution in [2.45, 2.75) is 39.0 Å². The van der Waals surface area contributed by atoms with Gasteiger partial charge in [0.1, 0.15) is 0 Å². The van der Waals surface area contributed by atoms with Gasteiger partial charge in [-0.25, -0.2) is 0 Å². The number of carboxylic acid groups (broad SMARTS) is 1. The van der Waals surface area contributed by atoms with E-state index in [1.54, 1.807) is 0 Å². The highest BCUT2D eigenvalue weighted by molar-refractivity contribution is 5.86. The molecule has 1 aliphatic rings. The normalized spacial score (nSPS) is 16.0. The number of benzene rings is 1. The lowest BCUT2D eigenvalue weighted by atomic mass is 9.66. The molecule has 0 saturated heterocycles. The Labute approximate surface area is 135 Å². The first-order valence-corrected chi connectivity index (χ1v) is 8.07. The second-order valence-corrected chi connectivity index (χ2v) is 6.58. The summed E-state index contributed by atoms with van der Waals surface area (Å²) in [6, 6.07) is 6.27. The van der Waals surface area contributed by atoms with Crippen LogP contribution in [0.4, 0.5) is 0 Å². The second-order valence-electron chi connectivity index (χ2n) is 6.58. The molecule has 1 aromatic heterocycles. The van der Waals surface area contributed by atoms with Crippen LogP contribution in [0.2, 0.25) is 0 Å². The monoisotopic (exact) mass is 314 g/mol. The summed E-state index contributed by atoms with van der Waals surface area (Å²) in [5.41, 5.74) is 2.66. The molecule has 0 atom stereocenters. The first-order valence-electron chi connectivity index (χ1n) is 8.07. The fourth-order valence-corrected chi connectivity index (χ4v) is 3.28. The van der Waals surface area contributed by atoms with Crippen LogP contribution in [0.3, 0.4) is 0 Å². The predicted molar refractivity (Wildman–Crippen MR) is 88.3 cm³/mol. The van der Waals surface area contributed by atoms with Crippen LogP contribution in [0, 0.1) is 12.3 Å². The first kappa shape index (κ1) is 15.6. The molecule has 23 heavy (non-hydrogen) atoms. The first-order chi connectivity index (χ1) is 11.0. The number of amides is 1. The Kier molecular flexibility index (Phi) is 4.11. The van der Waals surface area contributed by atoms with Crippen molar-refractivity contribution < 1.29 is 14.7 Å². The molecule has 5 nitrogen and oxygen atoms in total. The zero-order valence-electron chi connectivity index (χ0n) is 13.3. The van der Waals surface area contributed by atoms with Gasteiger partial charge in [-0.1, -0.05) is 18.6 Å². The molecule has 1 fully saturated rings. The van der Waals surface area contributed by atoms with E-state index in [2.05, 4.69) is 35.4 Å². The Morgan fingerprint density at radius 1 is 1.35 bits per heavy atom. The summed E-state index contributed by atoms with van der Waals surface area (Å²) in [4.78, 5) is 26.5. The van der Waals surface area contributed by atoms with Crippen molar-refractivity contribution in [3.63, 3.8) is 0 Å². The van der Waals surface area contributed by atoms with Gasteiger partial charge in [-0.15, -0.1) is 0 Å². The molecule has 1 aromatic carbocycles. The summed E-state index contributed by atoms with van der Waals surface area (Å²) in [5, 5.41) is 13.3. The maximum atomic E-state index is 12.0. The molecule has 0 unspecified atom stereocenters. The topological polar surface area (TPSA) is 82.2 Å². The van der Waals surface area contributed by atoms with Crippen LogP contribution in [0.1, 0.15) is 36.8 Å². The Hall–Kier alpha value is -2.30. The minimum atomic E-state index is -0.842. The SMILES string of the molecule is Cc1ccc2c(CCNC(=O)CC3(C(=O)O)CCC3)c[nH]c2c1. The number of nitrogens with one attached hydrogen (secondary N) is 2. The maximum absolute atomic E-state index is 12.0. The smallest absolute Gasteiger partial charge is 0.310 e. The molecule has 3 N–H and O–H groups in total. The number of carbonyl (C=O) groups is 2. The minimum absolute atomic E-state index is 0.0927. The van der Waals surface area contributed by atoms with E-state index in [-0.39, 0.29) is 12.3 Å². The van der Waals surface area contributed by atoms with Gasteiger partial charge in [-0.3, -0.25) is 9.59 Å². The van der Waals surface area contributed by atoms with E-state index in [1.807, 2.05) is 6.20 Å². The Morgan fingerprint density at radius 3 is 2.78 bits per heavy atom. The second kappa shape index (κ2) is 6.07. The van der Waals surface area contributed by atoms with Gasteiger partial charge in [0.05, 0.1) is 5.41 Å². The highest BCUT2D eigenvalue weighted by atomic mass is 16.4. The van der Waals surface area contributed by atoms with Crippen molar-refractivity contribution in [1.82, 2.24) is 10.3 Å². The van der Waals surface area contributed by atoms with Gasteiger partial charge < -0.3 is 15.4 Å². The molecule has 1 saturated carbocycles. The van der Waals surface area contributed by atoms with Crippen molar-refractivity contribution in [2.24, 2.45) is 5.41 Å². The summed E-state index contributed by atoms with van der Waals surface area (Å²) < 4.78 is 0. The molecule has 3 rings (SSSR count). The predicted octanol–water partition coefficient (Wildman–Crippen LogP) is 2.78. The standard InChI is InChI=1S/C18H22N2O3/c1-12-3-4-14-13(11-20-15(14)9-12)5-8-19-16(21)10-18(17(22)23)6-2-7-18/h3-4,9,11,20H,2,5-8,10H2,1H3,(H,19,21)(H,22,23). The molecule has 0 spiro atoms. The summed E-state index contributed by atoms with van der Waals surface area (Å²) in [7, 11) is 0. The van der Waals surface area contributed by atoms with Crippen LogP contribution >= 0.6 is 0 Å². The maximum Gasteiger partial charge on any atom is 0.310 e. The van der Waals surface area contributed by atoms with Gasteiger partial charge in [0, 0.05) is 30.1 Å². The van der Waals surface area contributed by atoms with Crippen molar-refractivity contribution in [2.75, 3.05) is 6.54 Å². The van der Waals surface area contributed by atoms with Crippen molar-refractivity contribution >= 4 is 22.8 Å². The summed E-state index contributed by atoms with van der Waals surface area (Å²) in [5.74, 6) is -1.01. The molecule has 1 aliphatic carbocycles. The van der Waals surface area contributed by atoms with Gasteiger partial charge in [-0.05, 0) is 43.4 Å². The summed E-state index contributed by atoms with van der Waals surface area (Å²) in [6.07, 6.45) is 4.91. The number of carboxylic acids is 1. The molecular formula is C18H22N2O3. The van der Waals surface area contributed by atoms with Crippen LogP contribution in [0.15, 0.2) is 24.4 Å². The minimum Gasteiger partial charge on any atom is -0.481 e. The van der Waals surface area contributed by atoms with E-state index in [1.165, 1.54) is 10.9 Å². The number of aromatic amines is 1. The van der Waals surface area contributed by atoms with Crippen LogP contribution in [0.25, 0.3) is 10.9 Å². The molecule has 1 amide bonds. The van der Waals surface area contributed by atoms with Crippen LogP contribution in [-0.4, -0.2) is 28.5 Å². The zero-order valence-corrected chi connectivity index (χ0v) is 13.3. The van der Waals surface area contributed by atoms with Crippen LogP contribution in [-0.2, 0) is 16.0 Å². The van der Waals surface area contributed by atoms with Crippen molar-refractivity contribution in [1.29, 1.82) is 0 Å². The number of aliphatic carboxylic acids is 1. The third-order valence-electron chi connectivity index (χ3n) is 4.90. The van der Waals surface area contributed by atoms with Gasteiger partial charge in [-0.2, -0.15) is 0 Å². The molecule has 0 bridgehead atoms.